The highest BCUT2D eigenvalue weighted by molar-refractivity contribution is 5.91. The molecule has 21 nitrogen and oxygen atoms in total. The number of aliphatic hydroxyl groups excluding tert-OH is 2. The summed E-state index contributed by atoms with van der Waals surface area (Å²) in [5, 5.41) is 29.6. The van der Waals surface area contributed by atoms with Gasteiger partial charge in [0.05, 0.1) is 54.7 Å². The molecule has 4 aliphatic rings. The molecule has 1 unspecified atom stereocenters. The number of hydrogen-bond acceptors (Lipinski definition) is 20. The quantitative estimate of drug-likeness (QED) is 0.0892. The zero-order valence-corrected chi connectivity index (χ0v) is 49.4. The number of hydrogen-bond donors (Lipinski definition) is 3. The van der Waals surface area contributed by atoms with E-state index in [9.17, 15) is 19.8 Å². The van der Waals surface area contributed by atoms with Crippen LogP contribution in [0.4, 0.5) is 4.79 Å². The highest BCUT2D eigenvalue weighted by atomic mass is 16.7. The number of rotatable bonds is 17. The van der Waals surface area contributed by atoms with Gasteiger partial charge < -0.3 is 77.4 Å². The fraction of sp³-hybridized carbons (Fsp3) is 0.810. The van der Waals surface area contributed by atoms with Crippen LogP contribution in [-0.2, 0) is 77.9 Å². The van der Waals surface area contributed by atoms with E-state index in [2.05, 4.69) is 10.5 Å². The van der Waals surface area contributed by atoms with Crippen LogP contribution in [0.1, 0.15) is 125 Å². The number of amides is 1. The van der Waals surface area contributed by atoms with Crippen molar-refractivity contribution < 1.29 is 90.4 Å². The minimum Gasteiger partial charge on any atom is -0.461 e. The molecule has 4 aliphatic heterocycles. The molecule has 4 heterocycles. The number of aliphatic hydroxyl groups is 2. The Hall–Kier alpha value is -3.87. The molecule has 4 fully saturated rings. The van der Waals surface area contributed by atoms with Crippen molar-refractivity contribution in [3.8, 4) is 0 Å². The van der Waals surface area contributed by atoms with E-state index in [-0.39, 0.29) is 57.0 Å². The third-order valence-electron chi connectivity index (χ3n) is 15.9. The van der Waals surface area contributed by atoms with Gasteiger partial charge in [-0.25, -0.2) is 4.79 Å². The number of oxime groups is 1. The molecule has 5 rings (SSSR count). The zero-order chi connectivity index (χ0) is 61.1. The van der Waals surface area contributed by atoms with Crippen molar-refractivity contribution in [3.63, 3.8) is 0 Å². The average Bonchev–Trinajstić information content (AvgIpc) is 3.55. The van der Waals surface area contributed by atoms with Crippen molar-refractivity contribution in [3.05, 3.63) is 35.9 Å². The number of Topliss-reactive ketones (excluding diaryl/α,β-unsaturated/α-hetero) is 1. The van der Waals surface area contributed by atoms with E-state index in [4.69, 9.17) is 61.1 Å². The van der Waals surface area contributed by atoms with Gasteiger partial charge >= 0.3 is 18.0 Å². The summed E-state index contributed by atoms with van der Waals surface area (Å²) in [7, 11) is 4.22. The first-order valence-electron chi connectivity index (χ1n) is 29.6. The van der Waals surface area contributed by atoms with Gasteiger partial charge in [-0.3, -0.25) is 14.4 Å². The number of nitrogens with one attached hydrogen (secondary N) is 1. The molecule has 0 aliphatic carbocycles. The maximum absolute atomic E-state index is 15.9. The third kappa shape index (κ3) is 17.3. The second kappa shape index (κ2) is 29.9. The van der Waals surface area contributed by atoms with Crippen LogP contribution in [0.15, 0.2) is 35.5 Å². The van der Waals surface area contributed by atoms with Crippen LogP contribution in [0.2, 0.25) is 0 Å². The van der Waals surface area contributed by atoms with E-state index in [1.807, 2.05) is 44.2 Å². The summed E-state index contributed by atoms with van der Waals surface area (Å²) in [5.41, 5.74) is -1.01. The summed E-state index contributed by atoms with van der Waals surface area (Å²) < 4.78 is 95.1. The van der Waals surface area contributed by atoms with Gasteiger partial charge in [-0.15, -0.1) is 0 Å². The lowest BCUT2D eigenvalue weighted by Gasteiger charge is -2.45. The normalized spacial score (nSPS) is 40.2. The maximum Gasteiger partial charge on any atom is 0.408 e. The second-order valence-electron chi connectivity index (χ2n) is 23.2. The molecule has 0 aromatic heterocycles. The summed E-state index contributed by atoms with van der Waals surface area (Å²) in [5.74, 6) is -8.07. The summed E-state index contributed by atoms with van der Waals surface area (Å²) in [6.07, 6.45) is -15.4. The van der Waals surface area contributed by atoms with E-state index in [0.29, 0.717) is 0 Å². The van der Waals surface area contributed by atoms with E-state index >= 15 is 9.59 Å². The number of ketones is 1. The minimum atomic E-state index is -2.47. The van der Waals surface area contributed by atoms with E-state index < -0.39 is 164 Å². The lowest BCUT2D eigenvalue weighted by Crippen LogP contribution is -2.59. The Morgan fingerprint density at radius 1 is 0.848 bits per heavy atom. The number of methoxy groups -OCH3 is 2. The van der Waals surface area contributed by atoms with E-state index in [1.54, 1.807) is 69.2 Å². The van der Waals surface area contributed by atoms with Crippen LogP contribution >= 0.6 is 0 Å². The summed E-state index contributed by atoms with van der Waals surface area (Å²) in [6.45, 7) is 19.8. The number of nitrogens with zero attached hydrogens (tertiary/aromatic N) is 2. The molecule has 3 N–H and O–H groups in total. The Kier molecular flexibility index (Phi) is 23.2. The topological polar surface area (TPSA) is 247 Å². The van der Waals surface area contributed by atoms with Crippen molar-refractivity contribution >= 4 is 29.5 Å². The molecule has 1 amide bonds. The molecule has 22 atom stereocenters. The molecule has 4 saturated heterocycles. The van der Waals surface area contributed by atoms with Gasteiger partial charge in [0.2, 0.25) is 0 Å². The zero-order valence-electron chi connectivity index (χ0n) is 52.4. The molecule has 0 spiro atoms. The van der Waals surface area contributed by atoms with Gasteiger partial charge in [-0.05, 0) is 72.3 Å². The highest BCUT2D eigenvalue weighted by Crippen LogP contribution is 2.40. The molecular weight excluding hydrogens is 1030 g/mol. The van der Waals surface area contributed by atoms with Gasteiger partial charge in [-0.1, -0.05) is 84.0 Å². The lowest BCUT2D eigenvalue weighted by atomic mass is 9.74. The number of carbonyl (C=O) groups is 4. The predicted octanol–water partition coefficient (Wildman–Crippen LogP) is 6.21. The van der Waals surface area contributed by atoms with Crippen LogP contribution in [0.5, 0.6) is 0 Å². The maximum atomic E-state index is 15.9. The smallest absolute Gasteiger partial charge is 0.408 e. The van der Waals surface area contributed by atoms with Crippen molar-refractivity contribution in [1.29, 1.82) is 0 Å². The minimum absolute atomic E-state index is 0.0237. The number of ether oxygens (including phenoxy) is 11. The number of carbonyl (C=O) groups excluding carboxylic acids is 4. The largest absolute Gasteiger partial charge is 0.461 e. The van der Waals surface area contributed by atoms with Crippen molar-refractivity contribution in [2.75, 3.05) is 41.5 Å². The molecule has 1 aromatic carbocycles. The van der Waals surface area contributed by atoms with Crippen molar-refractivity contribution in [2.45, 2.75) is 220 Å². The number of benzene rings is 1. The van der Waals surface area contributed by atoms with Crippen molar-refractivity contribution in [2.24, 2.45) is 46.6 Å². The predicted molar refractivity (Wildman–Crippen MR) is 290 cm³/mol. The first-order valence-corrected chi connectivity index (χ1v) is 28.1. The second-order valence-corrected chi connectivity index (χ2v) is 23.2. The summed E-state index contributed by atoms with van der Waals surface area (Å²) in [6, 6.07) is 8.54. The first kappa shape index (κ1) is 61.2. The SMILES string of the molecule is [2H]C([2H])([2H])N1C[C@H](C)O[C@@H](O[C@H]2[C@H](C)[C@@H](O[C@@H]3O[C@H](C)CC(=NOC)[C@H]3O)[C@@H](C)C[C@](C)(OC(=O)NCc3ccccc3)C(=O)[C@H](C)[C@H](OC(=O)CC(C)C)[C@@H](C)[C@@H]([C@@H](C)CO[C@@H]3O[C@H](C)[C@@H](O)[C@@H](OC)[C@H]3OC)OC(=O)[C@@H]2C)CC1C. The standard InChI is InChI=1S/C58H95N3O18/c1-30(2)23-43(62)75-49-37(9)48(32(4)29-71-56-52(69-16)51(68-15)45(63)40(12)74-56)77-54(66)39(11)50(76-44-24-33(5)61(14)28-35(7)72-44)36(8)47(78-55-46(64)42(60-70-17)25-34(6)73-55)31(3)26-58(13,53(65)38(49)10)79-57(67)59-27-41-21-19-18-20-22-41/h18-22,30-40,44-52,55-56,63-64H,23-29H2,1-17H3,(H,59,67)/t31-,32-,33?,34+,35-,36+,37-,38+,39+,40+,44-,45+,46+,47-,48+,49+,50-,51+,52+,55-,56+,58-/m0/s1/i14D3. The number of esters is 2. The third-order valence-corrected chi connectivity index (χ3v) is 15.9. The Morgan fingerprint density at radius 3 is 2.16 bits per heavy atom. The van der Waals surface area contributed by atoms with Crippen molar-refractivity contribution in [1.82, 2.24) is 10.2 Å². The monoisotopic (exact) mass is 1120 g/mol. The van der Waals surface area contributed by atoms with Gasteiger partial charge in [0, 0.05) is 74.5 Å². The molecular formula is C58H95N3O18. The van der Waals surface area contributed by atoms with E-state index in [0.717, 1.165) is 5.56 Å². The average molecular weight is 1130 g/mol. The molecule has 450 valence electrons. The Morgan fingerprint density at radius 2 is 1.53 bits per heavy atom. The van der Waals surface area contributed by atoms with Crippen LogP contribution in [0, 0.1) is 41.4 Å². The molecule has 0 radical (unpaired) electrons. The molecule has 0 saturated carbocycles. The van der Waals surface area contributed by atoms with Gasteiger partial charge in [0.1, 0.15) is 43.7 Å². The Balaban J connectivity index is 1.72. The molecule has 79 heavy (non-hydrogen) atoms. The number of cyclic esters (lactones) is 1. The van der Waals surface area contributed by atoms with Gasteiger partial charge in [0.15, 0.2) is 30.3 Å². The van der Waals surface area contributed by atoms with Crippen LogP contribution in [0.3, 0.4) is 0 Å². The highest BCUT2D eigenvalue weighted by Gasteiger charge is 2.53. The number of alkyl carbamates (subject to hydrolysis) is 1. The van der Waals surface area contributed by atoms with Gasteiger partial charge in [-0.2, -0.15) is 0 Å². The van der Waals surface area contributed by atoms with Crippen LogP contribution in [-0.4, -0.2) is 184 Å². The summed E-state index contributed by atoms with van der Waals surface area (Å²) in [4.78, 5) is 66.0. The lowest BCUT2D eigenvalue weighted by molar-refractivity contribution is -0.305. The Bertz CT molecular complexity index is 2230. The van der Waals surface area contributed by atoms with E-state index in [1.165, 1.54) is 33.2 Å². The number of likely N-dealkylation sites (N-methyl/N-ethyl adjacent to an activating group) is 1. The van der Waals surface area contributed by atoms with Crippen LogP contribution < -0.4 is 5.32 Å². The van der Waals surface area contributed by atoms with Crippen LogP contribution in [0.25, 0.3) is 0 Å². The molecule has 21 heteroatoms. The fourth-order valence-electron chi connectivity index (χ4n) is 11.6. The summed E-state index contributed by atoms with van der Waals surface area (Å²) >= 11 is 0. The molecule has 0 bridgehead atoms. The molecule has 1 aromatic rings. The van der Waals surface area contributed by atoms with Gasteiger partial charge in [0.25, 0.3) is 0 Å². The fourth-order valence-corrected chi connectivity index (χ4v) is 11.6. The first-order chi connectivity index (χ1) is 38.4. The Labute approximate surface area is 472 Å².